The van der Waals surface area contributed by atoms with E-state index in [1.807, 2.05) is 0 Å². The standard InChI is InChI=1S/C18H18FN3O3S/c1-11-9-13(7-8-15(11)19)10-20-18(23)12(2)21-17-14-5-3-4-6-16(14)26(24,25)22-17/h3-9,12H,10H2,1-2H3,(H,20,23)(H,21,22)/t12-/m1/s1. The fourth-order valence-electron chi connectivity index (χ4n) is 2.64. The Hall–Kier alpha value is -2.74. The Bertz CT molecular complexity index is 1000. The zero-order chi connectivity index (χ0) is 18.9. The number of fused-ring (bicyclic) bond motifs is 1. The highest BCUT2D eigenvalue weighted by atomic mass is 32.2. The van der Waals surface area contributed by atoms with Crippen molar-refractivity contribution in [3.8, 4) is 0 Å². The molecule has 6 nitrogen and oxygen atoms in total. The first-order valence-electron chi connectivity index (χ1n) is 8.01. The van der Waals surface area contributed by atoms with E-state index in [4.69, 9.17) is 0 Å². The van der Waals surface area contributed by atoms with Gasteiger partial charge in [-0.2, -0.15) is 0 Å². The number of hydrogen-bond donors (Lipinski definition) is 2. The molecule has 0 spiro atoms. The van der Waals surface area contributed by atoms with Gasteiger partial charge in [0, 0.05) is 12.1 Å². The van der Waals surface area contributed by atoms with E-state index in [1.54, 1.807) is 44.2 Å². The van der Waals surface area contributed by atoms with Crippen molar-refractivity contribution in [2.75, 3.05) is 0 Å². The minimum atomic E-state index is -3.64. The molecule has 0 saturated carbocycles. The Kier molecular flexibility index (Phi) is 4.78. The predicted molar refractivity (Wildman–Crippen MR) is 95.7 cm³/mol. The van der Waals surface area contributed by atoms with Crippen molar-refractivity contribution in [2.24, 2.45) is 4.99 Å². The van der Waals surface area contributed by atoms with Crippen LogP contribution in [0.2, 0.25) is 0 Å². The molecule has 0 saturated heterocycles. The summed E-state index contributed by atoms with van der Waals surface area (Å²) in [6.45, 7) is 3.46. The van der Waals surface area contributed by atoms with Gasteiger partial charge in [-0.25, -0.2) is 12.8 Å². The predicted octanol–water partition coefficient (Wildman–Crippen LogP) is 1.88. The average molecular weight is 375 g/mol. The second-order valence-electron chi connectivity index (χ2n) is 6.06. The summed E-state index contributed by atoms with van der Waals surface area (Å²) in [5, 5.41) is 2.72. The van der Waals surface area contributed by atoms with Crippen LogP contribution in [0.5, 0.6) is 0 Å². The third-order valence-electron chi connectivity index (χ3n) is 4.05. The molecule has 1 amide bonds. The molecule has 1 aliphatic heterocycles. The zero-order valence-corrected chi connectivity index (χ0v) is 15.1. The van der Waals surface area contributed by atoms with Gasteiger partial charge in [-0.3, -0.25) is 14.5 Å². The van der Waals surface area contributed by atoms with Gasteiger partial charge in [0.05, 0.1) is 4.90 Å². The van der Waals surface area contributed by atoms with E-state index in [2.05, 4.69) is 15.0 Å². The molecule has 0 aromatic heterocycles. The van der Waals surface area contributed by atoms with Crippen LogP contribution in [0.25, 0.3) is 0 Å². The number of aryl methyl sites for hydroxylation is 1. The van der Waals surface area contributed by atoms with Crippen LogP contribution in [-0.4, -0.2) is 26.2 Å². The fourth-order valence-corrected chi connectivity index (χ4v) is 3.87. The molecular weight excluding hydrogens is 357 g/mol. The number of halogens is 1. The first-order chi connectivity index (χ1) is 12.3. The number of nitrogens with zero attached hydrogens (tertiary/aromatic N) is 1. The molecule has 0 unspecified atom stereocenters. The highest BCUT2D eigenvalue weighted by Gasteiger charge is 2.31. The van der Waals surface area contributed by atoms with Gasteiger partial charge < -0.3 is 5.32 Å². The number of carbonyl (C=O) groups excluding carboxylic acids is 1. The first kappa shape index (κ1) is 18.1. The molecule has 0 radical (unpaired) electrons. The van der Waals surface area contributed by atoms with Crippen LogP contribution in [0.4, 0.5) is 4.39 Å². The minimum absolute atomic E-state index is 0.146. The number of rotatable bonds is 4. The van der Waals surface area contributed by atoms with E-state index >= 15 is 0 Å². The number of carbonyl (C=O) groups is 1. The summed E-state index contributed by atoms with van der Waals surface area (Å²) < 4.78 is 39.8. The largest absolute Gasteiger partial charge is 0.350 e. The highest BCUT2D eigenvalue weighted by molar-refractivity contribution is 7.90. The molecule has 0 fully saturated rings. The van der Waals surface area contributed by atoms with Crippen molar-refractivity contribution in [3.05, 3.63) is 65.0 Å². The number of aliphatic imine (C=N–C) groups is 1. The van der Waals surface area contributed by atoms with E-state index in [0.29, 0.717) is 11.1 Å². The van der Waals surface area contributed by atoms with Gasteiger partial charge in [0.15, 0.2) is 0 Å². The Morgan fingerprint density at radius 2 is 2.00 bits per heavy atom. The molecule has 1 aliphatic rings. The van der Waals surface area contributed by atoms with Gasteiger partial charge in [-0.05, 0) is 43.2 Å². The van der Waals surface area contributed by atoms with Crippen LogP contribution in [0.1, 0.15) is 23.6 Å². The van der Waals surface area contributed by atoms with Crippen molar-refractivity contribution in [1.82, 2.24) is 10.0 Å². The molecule has 0 aliphatic carbocycles. The molecule has 8 heteroatoms. The average Bonchev–Trinajstić information content (AvgIpc) is 2.86. The van der Waals surface area contributed by atoms with Gasteiger partial charge in [0.1, 0.15) is 17.7 Å². The van der Waals surface area contributed by atoms with E-state index < -0.39 is 16.1 Å². The second-order valence-corrected chi connectivity index (χ2v) is 7.71. The Morgan fingerprint density at radius 3 is 2.73 bits per heavy atom. The van der Waals surface area contributed by atoms with Gasteiger partial charge >= 0.3 is 0 Å². The molecule has 0 bridgehead atoms. The van der Waals surface area contributed by atoms with Crippen molar-refractivity contribution in [3.63, 3.8) is 0 Å². The van der Waals surface area contributed by atoms with Gasteiger partial charge in [-0.1, -0.05) is 24.3 Å². The van der Waals surface area contributed by atoms with Crippen molar-refractivity contribution >= 4 is 21.8 Å². The monoisotopic (exact) mass is 375 g/mol. The zero-order valence-electron chi connectivity index (χ0n) is 14.3. The number of amides is 1. The van der Waals surface area contributed by atoms with Crippen LogP contribution >= 0.6 is 0 Å². The maximum atomic E-state index is 13.3. The van der Waals surface area contributed by atoms with Gasteiger partial charge in [-0.15, -0.1) is 0 Å². The van der Waals surface area contributed by atoms with Gasteiger partial charge in [0.25, 0.3) is 10.0 Å². The maximum Gasteiger partial charge on any atom is 0.263 e. The van der Waals surface area contributed by atoms with Crippen molar-refractivity contribution in [1.29, 1.82) is 0 Å². The molecule has 2 N–H and O–H groups in total. The normalized spacial score (nSPS) is 17.4. The molecule has 136 valence electrons. The Morgan fingerprint density at radius 1 is 1.27 bits per heavy atom. The number of sulfonamides is 1. The van der Waals surface area contributed by atoms with E-state index in [9.17, 15) is 17.6 Å². The molecule has 1 atom stereocenters. The van der Waals surface area contributed by atoms with E-state index in [0.717, 1.165) is 5.56 Å². The number of benzene rings is 2. The Balaban J connectivity index is 1.71. The third kappa shape index (κ3) is 3.60. The summed E-state index contributed by atoms with van der Waals surface area (Å²) in [6.07, 6.45) is 0. The molecule has 3 rings (SSSR count). The van der Waals surface area contributed by atoms with Crippen molar-refractivity contribution < 1.29 is 17.6 Å². The first-order valence-corrected chi connectivity index (χ1v) is 9.49. The van der Waals surface area contributed by atoms with E-state index in [1.165, 1.54) is 12.1 Å². The molecule has 2 aromatic rings. The minimum Gasteiger partial charge on any atom is -0.350 e. The van der Waals surface area contributed by atoms with Crippen LogP contribution < -0.4 is 10.0 Å². The summed E-state index contributed by atoms with van der Waals surface area (Å²) >= 11 is 0. The van der Waals surface area contributed by atoms with Crippen LogP contribution in [0.15, 0.2) is 52.4 Å². The summed E-state index contributed by atoms with van der Waals surface area (Å²) in [4.78, 5) is 16.6. The lowest BCUT2D eigenvalue weighted by Crippen LogP contribution is -2.33. The topological polar surface area (TPSA) is 87.6 Å². The lowest BCUT2D eigenvalue weighted by molar-refractivity contribution is -0.122. The highest BCUT2D eigenvalue weighted by Crippen LogP contribution is 2.22. The number of hydrogen-bond acceptors (Lipinski definition) is 4. The van der Waals surface area contributed by atoms with Crippen LogP contribution in [-0.2, 0) is 21.4 Å². The summed E-state index contributed by atoms with van der Waals surface area (Å²) in [7, 11) is -3.64. The fraction of sp³-hybridized carbons (Fsp3) is 0.222. The maximum absolute atomic E-state index is 13.3. The molecule has 26 heavy (non-hydrogen) atoms. The summed E-state index contributed by atoms with van der Waals surface area (Å²) in [6, 6.07) is 10.3. The second kappa shape index (κ2) is 6.87. The SMILES string of the molecule is Cc1cc(CNC(=O)[C@@H](C)N=C2NS(=O)(=O)c3ccccc32)ccc1F. The molecule has 1 heterocycles. The Labute approximate surface area is 151 Å². The number of nitrogens with one attached hydrogen (secondary N) is 2. The quantitative estimate of drug-likeness (QED) is 0.855. The lowest BCUT2D eigenvalue weighted by atomic mass is 10.1. The summed E-state index contributed by atoms with van der Waals surface area (Å²) in [5.41, 5.74) is 1.72. The summed E-state index contributed by atoms with van der Waals surface area (Å²) in [5.74, 6) is -0.504. The van der Waals surface area contributed by atoms with Crippen molar-refractivity contribution in [2.45, 2.75) is 31.3 Å². The van der Waals surface area contributed by atoms with Crippen LogP contribution in [0.3, 0.4) is 0 Å². The van der Waals surface area contributed by atoms with E-state index in [-0.39, 0.29) is 29.0 Å². The lowest BCUT2D eigenvalue weighted by Gasteiger charge is -2.10. The number of amidine groups is 1. The molecule has 2 aromatic carbocycles. The third-order valence-corrected chi connectivity index (χ3v) is 5.45. The molecular formula is C18H18FN3O3S. The van der Waals surface area contributed by atoms with Crippen LogP contribution in [0, 0.1) is 12.7 Å². The smallest absolute Gasteiger partial charge is 0.263 e. The van der Waals surface area contributed by atoms with Gasteiger partial charge in [0.2, 0.25) is 5.91 Å².